The summed E-state index contributed by atoms with van der Waals surface area (Å²) in [5.41, 5.74) is 7.39. The van der Waals surface area contributed by atoms with Gasteiger partial charge in [-0.05, 0) is 35.2 Å². The van der Waals surface area contributed by atoms with Gasteiger partial charge in [-0.15, -0.1) is 10.2 Å². The highest BCUT2D eigenvalue weighted by Gasteiger charge is 2.19. The Balaban J connectivity index is 1.82. The minimum atomic E-state index is -0.0549. The van der Waals surface area contributed by atoms with E-state index in [1.54, 1.807) is 0 Å². The van der Waals surface area contributed by atoms with Crippen molar-refractivity contribution in [2.75, 3.05) is 0 Å². The van der Waals surface area contributed by atoms with Crippen molar-refractivity contribution in [2.24, 2.45) is 0 Å². The van der Waals surface area contributed by atoms with E-state index in [0.717, 1.165) is 47.3 Å². The Hall–Kier alpha value is -3.32. The van der Waals surface area contributed by atoms with Crippen molar-refractivity contribution in [1.29, 1.82) is 0 Å². The van der Waals surface area contributed by atoms with Crippen LogP contribution in [0, 0.1) is 0 Å². The Morgan fingerprint density at radius 2 is 1.70 bits per heavy atom. The third-order valence-corrected chi connectivity index (χ3v) is 5.37. The summed E-state index contributed by atoms with van der Waals surface area (Å²) in [5, 5.41) is 29.2. The van der Waals surface area contributed by atoms with Gasteiger partial charge in [-0.25, -0.2) is 0 Å². The minimum absolute atomic E-state index is 0.0549. The molecule has 0 saturated carbocycles. The Morgan fingerprint density at radius 1 is 0.967 bits per heavy atom. The van der Waals surface area contributed by atoms with Gasteiger partial charge in [0.25, 0.3) is 0 Å². The van der Waals surface area contributed by atoms with Crippen molar-refractivity contribution in [3.05, 3.63) is 71.0 Å². The molecule has 0 aliphatic heterocycles. The van der Waals surface area contributed by atoms with Gasteiger partial charge in [0.2, 0.25) is 5.82 Å². The number of aryl methyl sites for hydroxylation is 1. The number of hydrogen-bond donors (Lipinski definition) is 2. The summed E-state index contributed by atoms with van der Waals surface area (Å²) in [5.74, 6) is 0.571. The van der Waals surface area contributed by atoms with Gasteiger partial charge in [-0.3, -0.25) is 4.68 Å². The van der Waals surface area contributed by atoms with E-state index in [2.05, 4.69) is 63.8 Å². The zero-order valence-corrected chi connectivity index (χ0v) is 17.3. The summed E-state index contributed by atoms with van der Waals surface area (Å²) in [6.45, 7) is 5.00. The molecule has 2 N–H and O–H groups in total. The molecule has 0 bridgehead atoms. The number of aromatic amines is 1. The fourth-order valence-corrected chi connectivity index (χ4v) is 4.01. The fourth-order valence-electron chi connectivity index (χ4n) is 4.01. The molecular weight excluding hydrogens is 376 g/mol. The van der Waals surface area contributed by atoms with Gasteiger partial charge in [0, 0.05) is 29.8 Å². The third kappa shape index (κ3) is 3.76. The zero-order chi connectivity index (χ0) is 20.9. The van der Waals surface area contributed by atoms with Crippen LogP contribution in [0.15, 0.2) is 48.5 Å². The molecule has 7 nitrogen and oxygen atoms in total. The molecular formula is C23H26N6O. The second-order valence-corrected chi connectivity index (χ2v) is 7.21. The number of H-pyrrole nitrogens is 1. The lowest BCUT2D eigenvalue weighted by atomic mass is 9.91. The summed E-state index contributed by atoms with van der Waals surface area (Å²) in [4.78, 5) is 0. The van der Waals surface area contributed by atoms with E-state index in [0.29, 0.717) is 12.2 Å². The molecule has 154 valence electrons. The van der Waals surface area contributed by atoms with Crippen LogP contribution in [0.3, 0.4) is 0 Å². The van der Waals surface area contributed by atoms with Gasteiger partial charge in [0.15, 0.2) is 0 Å². The number of rotatable bonds is 8. The molecule has 2 aromatic heterocycles. The van der Waals surface area contributed by atoms with E-state index in [4.69, 9.17) is 0 Å². The molecule has 7 heteroatoms. The number of aromatic nitrogens is 6. The van der Waals surface area contributed by atoms with E-state index in [-0.39, 0.29) is 6.61 Å². The molecule has 0 radical (unpaired) electrons. The summed E-state index contributed by atoms with van der Waals surface area (Å²) in [6, 6.07) is 16.4. The molecule has 2 heterocycles. The molecule has 0 unspecified atom stereocenters. The Bertz CT molecular complexity index is 1120. The monoisotopic (exact) mass is 402 g/mol. The van der Waals surface area contributed by atoms with Gasteiger partial charge in [0.1, 0.15) is 0 Å². The number of nitrogens with one attached hydrogen (secondary N) is 1. The highest BCUT2D eigenvalue weighted by molar-refractivity contribution is 5.82. The van der Waals surface area contributed by atoms with Crippen LogP contribution in [0.2, 0.25) is 0 Å². The second kappa shape index (κ2) is 9.00. The normalized spacial score (nSPS) is 11.2. The fraction of sp³-hybridized carbons (Fsp3) is 0.304. The molecule has 2 aromatic carbocycles. The van der Waals surface area contributed by atoms with Gasteiger partial charge in [-0.1, -0.05) is 61.9 Å². The molecule has 0 saturated heterocycles. The zero-order valence-electron chi connectivity index (χ0n) is 17.3. The molecule has 4 aromatic rings. The van der Waals surface area contributed by atoms with Crippen LogP contribution in [-0.2, 0) is 26.0 Å². The van der Waals surface area contributed by atoms with Crippen LogP contribution in [0.4, 0.5) is 0 Å². The first kappa shape index (κ1) is 20.0. The van der Waals surface area contributed by atoms with Crippen molar-refractivity contribution in [1.82, 2.24) is 30.4 Å². The quantitative estimate of drug-likeness (QED) is 0.468. The van der Waals surface area contributed by atoms with Crippen LogP contribution in [0.5, 0.6) is 0 Å². The molecule has 0 amide bonds. The number of aliphatic hydroxyl groups is 1. The van der Waals surface area contributed by atoms with Crippen LogP contribution in [-0.4, -0.2) is 35.5 Å². The molecule has 0 aliphatic carbocycles. The van der Waals surface area contributed by atoms with Crippen LogP contribution in [0.25, 0.3) is 22.5 Å². The average molecular weight is 403 g/mol. The number of aliphatic hydroxyl groups excluding tert-OH is 1. The predicted octanol–water partition coefficient (Wildman–Crippen LogP) is 3.79. The van der Waals surface area contributed by atoms with Gasteiger partial charge >= 0.3 is 0 Å². The molecule has 0 aliphatic rings. The Morgan fingerprint density at radius 3 is 2.37 bits per heavy atom. The van der Waals surface area contributed by atoms with Gasteiger partial charge < -0.3 is 5.11 Å². The lowest BCUT2D eigenvalue weighted by Crippen LogP contribution is -2.04. The largest absolute Gasteiger partial charge is 0.390 e. The Labute approximate surface area is 175 Å². The molecule has 0 spiro atoms. The smallest absolute Gasteiger partial charge is 0.205 e. The maximum Gasteiger partial charge on any atom is 0.205 e. The van der Waals surface area contributed by atoms with Crippen molar-refractivity contribution in [3.63, 3.8) is 0 Å². The van der Waals surface area contributed by atoms with Crippen molar-refractivity contribution in [3.8, 4) is 22.5 Å². The van der Waals surface area contributed by atoms with E-state index in [1.165, 1.54) is 11.3 Å². The van der Waals surface area contributed by atoms with E-state index in [1.807, 2.05) is 28.9 Å². The maximum atomic E-state index is 9.95. The molecule has 30 heavy (non-hydrogen) atoms. The van der Waals surface area contributed by atoms with Gasteiger partial charge in [-0.2, -0.15) is 10.3 Å². The summed E-state index contributed by atoms with van der Waals surface area (Å²) >= 11 is 0. The SMILES string of the molecule is CCCc1c(Cc2ccccc2-c2ccccc2-c2nn[nH]n2)c(CO)nn1CC. The highest BCUT2D eigenvalue weighted by Crippen LogP contribution is 2.34. The topological polar surface area (TPSA) is 92.5 Å². The number of nitrogens with zero attached hydrogens (tertiary/aromatic N) is 5. The third-order valence-electron chi connectivity index (χ3n) is 5.37. The summed E-state index contributed by atoms with van der Waals surface area (Å²) < 4.78 is 2.03. The summed E-state index contributed by atoms with van der Waals surface area (Å²) in [7, 11) is 0. The second-order valence-electron chi connectivity index (χ2n) is 7.21. The van der Waals surface area contributed by atoms with E-state index >= 15 is 0 Å². The van der Waals surface area contributed by atoms with Gasteiger partial charge in [0.05, 0.1) is 12.3 Å². The standard InChI is InChI=1S/C23H26N6O/c1-3-9-22-20(21(15-30)26-29(22)4-2)14-16-10-5-6-11-17(16)18-12-7-8-13-19(18)23-24-27-28-25-23/h5-8,10-13,30H,3-4,9,14-15H2,1-2H3,(H,24,25,27,28). The minimum Gasteiger partial charge on any atom is -0.390 e. The number of benzene rings is 2. The highest BCUT2D eigenvalue weighted by atomic mass is 16.3. The summed E-state index contributed by atoms with van der Waals surface area (Å²) in [6.07, 6.45) is 2.69. The van der Waals surface area contributed by atoms with Crippen molar-refractivity contribution < 1.29 is 5.11 Å². The molecule has 0 atom stereocenters. The number of tetrazole rings is 1. The first-order chi connectivity index (χ1) is 14.8. The first-order valence-electron chi connectivity index (χ1n) is 10.4. The van der Waals surface area contributed by atoms with Crippen LogP contribution < -0.4 is 0 Å². The number of hydrogen-bond acceptors (Lipinski definition) is 5. The van der Waals surface area contributed by atoms with Crippen molar-refractivity contribution >= 4 is 0 Å². The predicted molar refractivity (Wildman–Crippen MR) is 116 cm³/mol. The average Bonchev–Trinajstić information content (AvgIpc) is 3.43. The van der Waals surface area contributed by atoms with E-state index in [9.17, 15) is 5.11 Å². The van der Waals surface area contributed by atoms with Crippen LogP contribution in [0.1, 0.15) is 42.8 Å². The Kier molecular flexibility index (Phi) is 5.99. The lowest BCUT2D eigenvalue weighted by molar-refractivity contribution is 0.274. The van der Waals surface area contributed by atoms with E-state index < -0.39 is 0 Å². The maximum absolute atomic E-state index is 9.95. The van der Waals surface area contributed by atoms with Crippen LogP contribution >= 0.6 is 0 Å². The molecule has 0 fully saturated rings. The lowest BCUT2D eigenvalue weighted by Gasteiger charge is -2.14. The first-order valence-corrected chi connectivity index (χ1v) is 10.4. The van der Waals surface area contributed by atoms with Crippen molar-refractivity contribution in [2.45, 2.75) is 46.3 Å². The molecule has 4 rings (SSSR count).